The summed E-state index contributed by atoms with van der Waals surface area (Å²) in [5.74, 6) is -1.11. The summed E-state index contributed by atoms with van der Waals surface area (Å²) in [5.41, 5.74) is 3.78. The first-order valence-corrected chi connectivity index (χ1v) is 5.51. The molecule has 1 heterocycles. The molecule has 1 aromatic rings. The third-order valence-corrected chi connectivity index (χ3v) is 2.59. The molecule has 1 aliphatic heterocycles. The van der Waals surface area contributed by atoms with Gasteiger partial charge >= 0.3 is 12.0 Å². The highest BCUT2D eigenvalue weighted by molar-refractivity contribution is 6.01. The molecule has 0 radical (unpaired) electrons. The first-order valence-electron chi connectivity index (χ1n) is 5.51. The van der Waals surface area contributed by atoms with Crippen LogP contribution in [0.3, 0.4) is 0 Å². The number of hydrogen-bond acceptors (Lipinski definition) is 4. The predicted molar refractivity (Wildman–Crippen MR) is 66.0 cm³/mol. The molecule has 0 saturated carbocycles. The third-order valence-electron chi connectivity index (χ3n) is 2.59. The Hall–Kier alpha value is -2.89. The van der Waals surface area contributed by atoms with Crippen molar-refractivity contribution >= 4 is 23.7 Å². The number of amides is 2. The van der Waals surface area contributed by atoms with E-state index < -0.39 is 30.1 Å². The minimum Gasteiger partial charge on any atom is -0.423 e. The van der Waals surface area contributed by atoms with Gasteiger partial charge in [0.1, 0.15) is 0 Å². The van der Waals surface area contributed by atoms with E-state index in [1.165, 1.54) is 0 Å². The molecule has 6 nitrogen and oxygen atoms in total. The van der Waals surface area contributed by atoms with Crippen LogP contribution in [0.5, 0.6) is 5.75 Å². The number of carbonyl (C=O) groups excluding carboxylic acids is 2. The maximum atomic E-state index is 13.7. The highest BCUT2D eigenvalue weighted by Gasteiger charge is 2.50. The molecule has 0 aromatic heterocycles. The van der Waals surface area contributed by atoms with Gasteiger partial charge in [0.05, 0.1) is 17.9 Å². The molecule has 0 saturated heterocycles. The maximum Gasteiger partial charge on any atom is 0.483 e. The molecule has 2 N–H and O–H groups in total. The fourth-order valence-corrected chi connectivity index (χ4v) is 1.74. The number of carbonyl (C=O) groups is 2. The molecule has 0 bridgehead atoms. The van der Waals surface area contributed by atoms with Gasteiger partial charge in [-0.05, 0) is 6.07 Å². The van der Waals surface area contributed by atoms with Crippen LogP contribution in [0.25, 0.3) is 0 Å². The second-order valence-corrected chi connectivity index (χ2v) is 3.90. The van der Waals surface area contributed by atoms with Crippen LogP contribution < -0.4 is 20.5 Å². The first kappa shape index (κ1) is 14.5. The first-order chi connectivity index (χ1) is 9.90. The lowest BCUT2D eigenvalue weighted by atomic mass is 10.2. The van der Waals surface area contributed by atoms with Gasteiger partial charge in [-0.2, -0.15) is 8.78 Å². The van der Waals surface area contributed by atoms with Crippen LogP contribution >= 0.6 is 0 Å². The van der Waals surface area contributed by atoms with Gasteiger partial charge in [0.2, 0.25) is 6.41 Å². The number of hydrazine groups is 1. The Morgan fingerprint density at radius 3 is 2.81 bits per heavy atom. The van der Waals surface area contributed by atoms with Crippen molar-refractivity contribution in [2.24, 2.45) is 0 Å². The van der Waals surface area contributed by atoms with Crippen LogP contribution in [0.1, 0.15) is 0 Å². The molecule has 0 fully saturated rings. The zero-order valence-corrected chi connectivity index (χ0v) is 10.3. The summed E-state index contributed by atoms with van der Waals surface area (Å²) in [7, 11) is 0. The number of nitrogens with one attached hydrogen (secondary N) is 2. The van der Waals surface area contributed by atoms with E-state index in [0.717, 1.165) is 6.07 Å². The number of fused-ring (bicyclic) bond motifs is 1. The molecule has 9 heteroatoms. The molecule has 2 rings (SSSR count). The Labute approximate surface area is 116 Å². The maximum absolute atomic E-state index is 13.7. The summed E-state index contributed by atoms with van der Waals surface area (Å²) in [5, 5.41) is 0. The molecular weight excluding hydrogens is 291 g/mol. The van der Waals surface area contributed by atoms with Crippen molar-refractivity contribution in [2.75, 3.05) is 16.9 Å². The minimum atomic E-state index is -4.13. The zero-order chi connectivity index (χ0) is 15.6. The average molecular weight is 299 g/mol. The highest BCUT2D eigenvalue weighted by Crippen LogP contribution is 2.41. The van der Waals surface area contributed by atoms with Crippen molar-refractivity contribution in [3.8, 4) is 18.1 Å². The average Bonchev–Trinajstić information content (AvgIpc) is 2.42. The number of ether oxygens (including phenoxy) is 1. The number of halogens is 3. The zero-order valence-electron chi connectivity index (χ0n) is 10.3. The molecular formula is C12H8F3N3O3. The van der Waals surface area contributed by atoms with Crippen molar-refractivity contribution in [3.63, 3.8) is 0 Å². The number of rotatable bonds is 4. The van der Waals surface area contributed by atoms with E-state index >= 15 is 0 Å². The molecule has 1 aromatic carbocycles. The molecule has 21 heavy (non-hydrogen) atoms. The van der Waals surface area contributed by atoms with E-state index in [2.05, 4.69) is 16.1 Å². The third kappa shape index (κ3) is 2.55. The monoisotopic (exact) mass is 299 g/mol. The Morgan fingerprint density at radius 1 is 1.48 bits per heavy atom. The normalized spacial score (nSPS) is 15.5. The second kappa shape index (κ2) is 5.24. The van der Waals surface area contributed by atoms with E-state index in [4.69, 9.17) is 6.42 Å². The Morgan fingerprint density at radius 2 is 2.19 bits per heavy atom. The molecule has 110 valence electrons. The molecule has 1 aliphatic rings. The SMILES string of the molecule is C#CCN1C(=O)C(F)(F)Oc2cc(F)c(NNC=O)cc21. The van der Waals surface area contributed by atoms with Gasteiger partial charge in [-0.25, -0.2) is 4.39 Å². The lowest BCUT2D eigenvalue weighted by Gasteiger charge is -2.32. The van der Waals surface area contributed by atoms with Gasteiger partial charge in [0.25, 0.3) is 0 Å². The largest absolute Gasteiger partial charge is 0.483 e. The Bertz CT molecular complexity index is 643. The number of anilines is 2. The molecule has 0 atom stereocenters. The van der Waals surface area contributed by atoms with Gasteiger partial charge in [0.15, 0.2) is 11.6 Å². The number of benzene rings is 1. The number of alkyl halides is 2. The molecule has 2 amide bonds. The van der Waals surface area contributed by atoms with Crippen LogP contribution in [0, 0.1) is 18.2 Å². The smallest absolute Gasteiger partial charge is 0.423 e. The fourth-order valence-electron chi connectivity index (χ4n) is 1.74. The minimum absolute atomic E-state index is 0.138. The van der Waals surface area contributed by atoms with Crippen molar-refractivity contribution in [1.29, 1.82) is 0 Å². The van der Waals surface area contributed by atoms with E-state index in [1.807, 2.05) is 5.43 Å². The lowest BCUT2D eigenvalue weighted by molar-refractivity contribution is -0.192. The van der Waals surface area contributed by atoms with E-state index in [0.29, 0.717) is 11.0 Å². The van der Waals surface area contributed by atoms with Crippen LogP contribution in [0.4, 0.5) is 24.5 Å². The van der Waals surface area contributed by atoms with E-state index in [1.54, 1.807) is 0 Å². The summed E-state index contributed by atoms with van der Waals surface area (Å²) in [6.07, 6.45) is 1.15. The van der Waals surface area contributed by atoms with E-state index in [-0.39, 0.29) is 17.8 Å². The second-order valence-electron chi connectivity index (χ2n) is 3.90. The van der Waals surface area contributed by atoms with Crippen molar-refractivity contribution in [2.45, 2.75) is 6.11 Å². The number of nitrogens with zero attached hydrogens (tertiary/aromatic N) is 1. The molecule has 0 aliphatic carbocycles. The van der Waals surface area contributed by atoms with Crippen LogP contribution in [-0.4, -0.2) is 25.0 Å². The summed E-state index contributed by atoms with van der Waals surface area (Å²) in [6.45, 7) is -0.447. The van der Waals surface area contributed by atoms with Gasteiger partial charge < -0.3 is 4.74 Å². The Kier molecular flexibility index (Phi) is 3.62. The van der Waals surface area contributed by atoms with Crippen LogP contribution in [0.2, 0.25) is 0 Å². The number of hydrogen-bond donors (Lipinski definition) is 2. The lowest BCUT2D eigenvalue weighted by Crippen LogP contribution is -2.51. The predicted octanol–water partition coefficient (Wildman–Crippen LogP) is 0.850. The van der Waals surface area contributed by atoms with Crippen molar-refractivity contribution in [3.05, 3.63) is 17.9 Å². The fraction of sp³-hybridized carbons (Fsp3) is 0.167. The van der Waals surface area contributed by atoms with Crippen LogP contribution in [0.15, 0.2) is 12.1 Å². The van der Waals surface area contributed by atoms with Gasteiger partial charge in [0, 0.05) is 6.07 Å². The molecule has 0 unspecified atom stereocenters. The Balaban J connectivity index is 2.51. The summed E-state index contributed by atoms with van der Waals surface area (Å²) < 4.78 is 44.7. The van der Waals surface area contributed by atoms with Crippen molar-refractivity contribution < 1.29 is 27.5 Å². The number of terminal acetylenes is 1. The summed E-state index contributed by atoms with van der Waals surface area (Å²) in [4.78, 5) is 22.3. The van der Waals surface area contributed by atoms with Gasteiger partial charge in [-0.3, -0.25) is 25.3 Å². The van der Waals surface area contributed by atoms with Crippen LogP contribution in [-0.2, 0) is 9.59 Å². The van der Waals surface area contributed by atoms with Gasteiger partial charge in [-0.1, -0.05) is 5.92 Å². The molecule has 0 spiro atoms. The summed E-state index contributed by atoms with van der Waals surface area (Å²) >= 11 is 0. The van der Waals surface area contributed by atoms with Gasteiger partial charge in [-0.15, -0.1) is 6.42 Å². The van der Waals surface area contributed by atoms with E-state index in [9.17, 15) is 22.8 Å². The van der Waals surface area contributed by atoms with Crippen molar-refractivity contribution in [1.82, 2.24) is 5.43 Å². The highest BCUT2D eigenvalue weighted by atomic mass is 19.3. The summed E-state index contributed by atoms with van der Waals surface area (Å²) in [6, 6.07) is 1.68. The topological polar surface area (TPSA) is 70.7 Å². The quantitative estimate of drug-likeness (QED) is 0.491. The standard InChI is InChI=1S/C12H8F3N3O3/c1-2-3-18-9-5-8(17-16-6-19)7(13)4-10(9)21-12(14,15)11(18)20/h1,4-6,17H,3H2,(H,16,19).